The van der Waals surface area contributed by atoms with Gasteiger partial charge in [0.05, 0.1) is 0 Å². The molecule has 132 valence electrons. The maximum absolute atomic E-state index is 12.6. The van der Waals surface area contributed by atoms with E-state index in [-0.39, 0.29) is 11.8 Å². The van der Waals surface area contributed by atoms with E-state index in [2.05, 4.69) is 5.32 Å². The topological polar surface area (TPSA) is 49.4 Å². The highest BCUT2D eigenvalue weighted by Crippen LogP contribution is 2.12. The summed E-state index contributed by atoms with van der Waals surface area (Å²) < 4.78 is 0. The molecule has 0 aliphatic heterocycles. The van der Waals surface area contributed by atoms with Crippen LogP contribution in [-0.4, -0.2) is 22.8 Å². The monoisotopic (exact) mass is 338 g/mol. The Balaban J connectivity index is 2.04. The molecule has 2 aromatic carbocycles. The number of rotatable bonds is 8. The van der Waals surface area contributed by atoms with Crippen LogP contribution in [0.25, 0.3) is 0 Å². The summed E-state index contributed by atoms with van der Waals surface area (Å²) in [5, 5.41) is 2.93. The van der Waals surface area contributed by atoms with Gasteiger partial charge >= 0.3 is 0 Å². The molecule has 0 bridgehead atoms. The predicted octanol–water partition coefficient (Wildman–Crippen LogP) is 3.52. The minimum absolute atomic E-state index is 0.00807. The van der Waals surface area contributed by atoms with Crippen molar-refractivity contribution in [2.45, 2.75) is 45.8 Å². The van der Waals surface area contributed by atoms with E-state index in [0.717, 1.165) is 17.5 Å². The smallest absolute Gasteiger partial charge is 0.242 e. The number of carbonyl (C=O) groups excluding carboxylic acids is 2. The van der Waals surface area contributed by atoms with Gasteiger partial charge in [0, 0.05) is 19.5 Å². The average molecular weight is 338 g/mol. The van der Waals surface area contributed by atoms with E-state index in [9.17, 15) is 9.59 Å². The van der Waals surface area contributed by atoms with Crippen molar-refractivity contribution in [3.63, 3.8) is 0 Å². The molecule has 1 unspecified atom stereocenters. The lowest BCUT2D eigenvalue weighted by atomic mass is 10.1. The van der Waals surface area contributed by atoms with E-state index in [0.29, 0.717) is 19.5 Å². The van der Waals surface area contributed by atoms with Crippen LogP contribution in [0.5, 0.6) is 0 Å². The Hall–Kier alpha value is -2.62. The second-order valence-corrected chi connectivity index (χ2v) is 6.14. The van der Waals surface area contributed by atoms with E-state index >= 15 is 0 Å². The van der Waals surface area contributed by atoms with Gasteiger partial charge in [0.1, 0.15) is 6.04 Å². The first-order valence-electron chi connectivity index (χ1n) is 8.76. The molecule has 0 spiro atoms. The Morgan fingerprint density at radius 3 is 2.08 bits per heavy atom. The van der Waals surface area contributed by atoms with Crippen molar-refractivity contribution in [2.75, 3.05) is 0 Å². The minimum atomic E-state index is -0.511. The predicted molar refractivity (Wildman–Crippen MR) is 99.7 cm³/mol. The number of hydrogen-bond acceptors (Lipinski definition) is 2. The fourth-order valence-electron chi connectivity index (χ4n) is 2.65. The normalized spacial score (nSPS) is 11.6. The molecular weight excluding hydrogens is 312 g/mol. The molecule has 0 saturated carbocycles. The average Bonchev–Trinajstić information content (AvgIpc) is 2.65. The second-order valence-electron chi connectivity index (χ2n) is 6.14. The molecule has 1 atom stereocenters. The van der Waals surface area contributed by atoms with Crippen molar-refractivity contribution < 1.29 is 9.59 Å². The fraction of sp³-hybridized carbons (Fsp3) is 0.333. The Labute approximate surface area is 149 Å². The maximum atomic E-state index is 12.6. The molecular formula is C21H26N2O2. The Morgan fingerprint density at radius 1 is 0.960 bits per heavy atom. The first-order chi connectivity index (χ1) is 12.1. The van der Waals surface area contributed by atoms with Crippen molar-refractivity contribution >= 4 is 11.8 Å². The molecule has 1 N–H and O–H groups in total. The molecule has 0 aliphatic rings. The molecule has 0 aliphatic carbocycles. The Bertz CT molecular complexity index is 671. The third-order valence-corrected chi connectivity index (χ3v) is 4.14. The molecule has 2 rings (SSSR count). The van der Waals surface area contributed by atoms with Crippen LogP contribution >= 0.6 is 0 Å². The minimum Gasteiger partial charge on any atom is -0.350 e. The van der Waals surface area contributed by atoms with Gasteiger partial charge < -0.3 is 10.2 Å². The highest BCUT2D eigenvalue weighted by atomic mass is 16.2. The first-order valence-corrected chi connectivity index (χ1v) is 8.76. The Kier molecular flexibility index (Phi) is 7.20. The van der Waals surface area contributed by atoms with E-state index in [1.54, 1.807) is 11.8 Å². The van der Waals surface area contributed by atoms with Crippen LogP contribution in [0.3, 0.4) is 0 Å². The van der Waals surface area contributed by atoms with Crippen molar-refractivity contribution in [3.05, 3.63) is 71.8 Å². The van der Waals surface area contributed by atoms with Gasteiger partial charge in [0.25, 0.3) is 0 Å². The number of hydrogen-bond donors (Lipinski definition) is 1. The molecule has 0 radical (unpaired) electrons. The van der Waals surface area contributed by atoms with Gasteiger partial charge in [0.15, 0.2) is 0 Å². The number of benzene rings is 2. The molecule has 0 heterocycles. The number of nitrogens with one attached hydrogen (secondary N) is 1. The van der Waals surface area contributed by atoms with Gasteiger partial charge in [-0.2, -0.15) is 0 Å². The van der Waals surface area contributed by atoms with Gasteiger partial charge in [-0.25, -0.2) is 0 Å². The standard InChI is InChI=1S/C21H26N2O2/c1-3-10-20(24)23(16-19-13-8-5-9-14-19)17(2)21(25)22-15-18-11-6-4-7-12-18/h4-9,11-14,17H,3,10,15-16H2,1-2H3,(H,22,25). The summed E-state index contributed by atoms with van der Waals surface area (Å²) in [4.78, 5) is 26.7. The zero-order valence-corrected chi connectivity index (χ0v) is 14.9. The molecule has 4 nitrogen and oxygen atoms in total. The van der Waals surface area contributed by atoms with E-state index in [1.165, 1.54) is 0 Å². The van der Waals surface area contributed by atoms with Gasteiger partial charge in [0.2, 0.25) is 11.8 Å². The maximum Gasteiger partial charge on any atom is 0.242 e. The quantitative estimate of drug-likeness (QED) is 0.800. The summed E-state index contributed by atoms with van der Waals surface area (Å²) in [5.74, 6) is -0.127. The molecule has 0 aromatic heterocycles. The van der Waals surface area contributed by atoms with Gasteiger partial charge in [-0.3, -0.25) is 9.59 Å². The first kappa shape index (κ1) is 18.7. The van der Waals surface area contributed by atoms with E-state index in [4.69, 9.17) is 0 Å². The van der Waals surface area contributed by atoms with Crippen LogP contribution in [0.1, 0.15) is 37.8 Å². The molecule has 0 saturated heterocycles. The lowest BCUT2D eigenvalue weighted by Crippen LogP contribution is -2.47. The van der Waals surface area contributed by atoms with Crippen molar-refractivity contribution in [2.24, 2.45) is 0 Å². The Morgan fingerprint density at radius 2 is 1.52 bits per heavy atom. The summed E-state index contributed by atoms with van der Waals surface area (Å²) in [6, 6.07) is 19.0. The lowest BCUT2D eigenvalue weighted by molar-refractivity contribution is -0.140. The highest BCUT2D eigenvalue weighted by molar-refractivity contribution is 5.87. The molecule has 2 aromatic rings. The van der Waals surface area contributed by atoms with Crippen LogP contribution in [0.15, 0.2) is 60.7 Å². The van der Waals surface area contributed by atoms with Crippen LogP contribution in [0, 0.1) is 0 Å². The largest absolute Gasteiger partial charge is 0.350 e. The summed E-state index contributed by atoms with van der Waals surface area (Å²) >= 11 is 0. The fourth-order valence-corrected chi connectivity index (χ4v) is 2.65. The van der Waals surface area contributed by atoms with Crippen LogP contribution < -0.4 is 5.32 Å². The zero-order chi connectivity index (χ0) is 18.1. The number of nitrogens with zero attached hydrogens (tertiary/aromatic N) is 1. The molecule has 25 heavy (non-hydrogen) atoms. The molecule has 2 amide bonds. The third-order valence-electron chi connectivity index (χ3n) is 4.14. The number of carbonyl (C=O) groups is 2. The lowest BCUT2D eigenvalue weighted by Gasteiger charge is -2.28. The van der Waals surface area contributed by atoms with Crippen molar-refractivity contribution in [3.8, 4) is 0 Å². The van der Waals surface area contributed by atoms with Crippen LogP contribution in [0.4, 0.5) is 0 Å². The summed E-state index contributed by atoms with van der Waals surface area (Å²) in [7, 11) is 0. The third kappa shape index (κ3) is 5.75. The zero-order valence-electron chi connectivity index (χ0n) is 14.9. The summed E-state index contributed by atoms with van der Waals surface area (Å²) in [6.45, 7) is 4.67. The van der Waals surface area contributed by atoms with Crippen molar-refractivity contribution in [1.82, 2.24) is 10.2 Å². The molecule has 4 heteroatoms. The second kappa shape index (κ2) is 9.62. The van der Waals surface area contributed by atoms with E-state index < -0.39 is 6.04 Å². The van der Waals surface area contributed by atoms with Gasteiger partial charge in [-0.1, -0.05) is 67.6 Å². The summed E-state index contributed by atoms with van der Waals surface area (Å²) in [6.07, 6.45) is 1.21. The van der Waals surface area contributed by atoms with Crippen molar-refractivity contribution in [1.29, 1.82) is 0 Å². The van der Waals surface area contributed by atoms with E-state index in [1.807, 2.05) is 67.6 Å². The summed E-state index contributed by atoms with van der Waals surface area (Å²) in [5.41, 5.74) is 2.06. The number of amides is 2. The van der Waals surface area contributed by atoms with Crippen LogP contribution in [0.2, 0.25) is 0 Å². The van der Waals surface area contributed by atoms with Crippen LogP contribution in [-0.2, 0) is 22.7 Å². The highest BCUT2D eigenvalue weighted by Gasteiger charge is 2.25. The SMILES string of the molecule is CCCC(=O)N(Cc1ccccc1)C(C)C(=O)NCc1ccccc1. The van der Waals surface area contributed by atoms with Gasteiger partial charge in [-0.15, -0.1) is 0 Å². The molecule has 0 fully saturated rings. The van der Waals surface area contributed by atoms with Gasteiger partial charge in [-0.05, 0) is 24.5 Å².